The number of nitrogens with one attached hydrogen (secondary N) is 1. The molecular formula is C20H31IN4O2. The molecule has 7 heteroatoms. The zero-order valence-electron chi connectivity index (χ0n) is 16.5. The summed E-state index contributed by atoms with van der Waals surface area (Å²) in [7, 11) is 1.73. The van der Waals surface area contributed by atoms with Crippen LogP contribution in [0.15, 0.2) is 29.3 Å². The van der Waals surface area contributed by atoms with Gasteiger partial charge in [-0.25, -0.2) is 0 Å². The lowest BCUT2D eigenvalue weighted by Gasteiger charge is -2.36. The van der Waals surface area contributed by atoms with Gasteiger partial charge in [-0.3, -0.25) is 9.79 Å². The van der Waals surface area contributed by atoms with Crippen LogP contribution in [-0.4, -0.2) is 68.0 Å². The molecule has 1 N–H and O–H groups in total. The van der Waals surface area contributed by atoms with Crippen molar-refractivity contribution in [3.05, 3.63) is 29.8 Å². The van der Waals surface area contributed by atoms with E-state index in [2.05, 4.69) is 29.3 Å². The lowest BCUT2D eigenvalue weighted by Crippen LogP contribution is -2.53. The van der Waals surface area contributed by atoms with Gasteiger partial charge in [0.25, 0.3) is 0 Å². The molecule has 1 amide bonds. The van der Waals surface area contributed by atoms with Gasteiger partial charge in [-0.2, -0.15) is 0 Å². The molecular weight excluding hydrogens is 455 g/mol. The molecule has 2 aliphatic rings. The number of ether oxygens (including phenoxy) is 1. The summed E-state index contributed by atoms with van der Waals surface area (Å²) < 4.78 is 5.56. The van der Waals surface area contributed by atoms with Crippen LogP contribution in [-0.2, 0) is 10.2 Å². The Balaban J connectivity index is 0.00000261. The minimum absolute atomic E-state index is 0. The van der Waals surface area contributed by atoms with Gasteiger partial charge < -0.3 is 19.9 Å². The van der Waals surface area contributed by atoms with Crippen molar-refractivity contribution < 1.29 is 9.53 Å². The van der Waals surface area contributed by atoms with E-state index < -0.39 is 0 Å². The number of piperazine rings is 1. The highest BCUT2D eigenvalue weighted by Crippen LogP contribution is 2.51. The van der Waals surface area contributed by atoms with Gasteiger partial charge in [-0.15, -0.1) is 24.0 Å². The summed E-state index contributed by atoms with van der Waals surface area (Å²) in [6.07, 6.45) is 2.29. The quantitative estimate of drug-likeness (QED) is 0.395. The van der Waals surface area contributed by atoms with Gasteiger partial charge >= 0.3 is 0 Å². The molecule has 1 aromatic carbocycles. The second-order valence-electron chi connectivity index (χ2n) is 7.14. The van der Waals surface area contributed by atoms with E-state index in [9.17, 15) is 4.79 Å². The summed E-state index contributed by atoms with van der Waals surface area (Å²) in [5.74, 6) is 2.07. The van der Waals surface area contributed by atoms with Crippen molar-refractivity contribution in [1.82, 2.24) is 15.1 Å². The Morgan fingerprint density at radius 2 is 1.81 bits per heavy atom. The first-order valence-corrected chi connectivity index (χ1v) is 9.52. The molecule has 2 fully saturated rings. The van der Waals surface area contributed by atoms with E-state index >= 15 is 0 Å². The van der Waals surface area contributed by atoms with Gasteiger partial charge in [0.05, 0.1) is 13.7 Å². The number of hydrogen-bond donors (Lipinski definition) is 1. The number of guanidine groups is 1. The Bertz CT molecular complexity index is 668. The van der Waals surface area contributed by atoms with Crippen LogP contribution in [0.4, 0.5) is 0 Å². The molecule has 0 spiro atoms. The molecule has 1 saturated heterocycles. The lowest BCUT2D eigenvalue weighted by atomic mass is 9.95. The number of para-hydroxylation sites is 1. The van der Waals surface area contributed by atoms with Crippen LogP contribution >= 0.6 is 24.0 Å². The Morgan fingerprint density at radius 1 is 1.19 bits per heavy atom. The molecule has 0 unspecified atom stereocenters. The number of carbonyl (C=O) groups is 1. The fourth-order valence-electron chi connectivity index (χ4n) is 3.63. The SMILES string of the molecule is CCNC(=NCC1(c2ccccc2OC)CC1)N1CCN(C(C)=O)CC1.I. The number of hydrogen-bond acceptors (Lipinski definition) is 3. The van der Waals surface area contributed by atoms with Crippen LogP contribution in [0.2, 0.25) is 0 Å². The zero-order chi connectivity index (χ0) is 18.6. The number of rotatable bonds is 5. The molecule has 1 aromatic rings. The predicted octanol–water partition coefficient (Wildman–Crippen LogP) is 2.47. The Morgan fingerprint density at radius 3 is 2.37 bits per heavy atom. The number of benzene rings is 1. The minimum atomic E-state index is 0. The van der Waals surface area contributed by atoms with Gasteiger partial charge in [0, 0.05) is 50.6 Å². The van der Waals surface area contributed by atoms with Crippen LogP contribution in [0.1, 0.15) is 32.3 Å². The molecule has 1 heterocycles. The van der Waals surface area contributed by atoms with E-state index in [0.717, 1.165) is 63.8 Å². The summed E-state index contributed by atoms with van der Waals surface area (Å²) in [6.45, 7) is 8.51. The topological polar surface area (TPSA) is 57.2 Å². The number of halogens is 1. The van der Waals surface area contributed by atoms with Gasteiger partial charge in [0.2, 0.25) is 5.91 Å². The summed E-state index contributed by atoms with van der Waals surface area (Å²) in [5, 5.41) is 3.42. The molecule has 0 atom stereocenters. The number of methoxy groups -OCH3 is 1. The van der Waals surface area contributed by atoms with Crippen molar-refractivity contribution in [1.29, 1.82) is 0 Å². The van der Waals surface area contributed by atoms with Crippen molar-refractivity contribution in [3.63, 3.8) is 0 Å². The van der Waals surface area contributed by atoms with E-state index in [1.807, 2.05) is 17.0 Å². The second kappa shape index (κ2) is 9.61. The first kappa shape index (κ1) is 21.8. The maximum Gasteiger partial charge on any atom is 0.219 e. The Labute approximate surface area is 179 Å². The number of nitrogens with zero attached hydrogens (tertiary/aromatic N) is 3. The fraction of sp³-hybridized carbons (Fsp3) is 0.600. The monoisotopic (exact) mass is 486 g/mol. The first-order valence-electron chi connectivity index (χ1n) is 9.52. The van der Waals surface area contributed by atoms with E-state index in [1.165, 1.54) is 5.56 Å². The van der Waals surface area contributed by atoms with Crippen molar-refractivity contribution in [2.45, 2.75) is 32.1 Å². The number of aliphatic imine (C=N–C) groups is 1. The van der Waals surface area contributed by atoms with E-state index in [4.69, 9.17) is 9.73 Å². The Hall–Kier alpha value is -1.51. The van der Waals surface area contributed by atoms with E-state index in [-0.39, 0.29) is 35.3 Å². The second-order valence-corrected chi connectivity index (χ2v) is 7.14. The number of carbonyl (C=O) groups excluding carboxylic acids is 1. The largest absolute Gasteiger partial charge is 0.496 e. The van der Waals surface area contributed by atoms with E-state index in [1.54, 1.807) is 14.0 Å². The average molecular weight is 486 g/mol. The first-order chi connectivity index (χ1) is 12.6. The Kier molecular flexibility index (Phi) is 7.76. The molecule has 150 valence electrons. The average Bonchev–Trinajstić information content (AvgIpc) is 3.46. The summed E-state index contributed by atoms with van der Waals surface area (Å²) in [5.41, 5.74) is 1.37. The third-order valence-corrected chi connectivity index (χ3v) is 5.42. The van der Waals surface area contributed by atoms with Crippen molar-refractivity contribution in [2.24, 2.45) is 4.99 Å². The van der Waals surface area contributed by atoms with Gasteiger partial charge in [-0.05, 0) is 25.8 Å². The van der Waals surface area contributed by atoms with Crippen molar-refractivity contribution >= 4 is 35.8 Å². The van der Waals surface area contributed by atoms with Crippen molar-refractivity contribution in [2.75, 3.05) is 46.4 Å². The van der Waals surface area contributed by atoms with Gasteiger partial charge in [-0.1, -0.05) is 18.2 Å². The standard InChI is InChI=1S/C20H30N4O2.HI/c1-4-21-19(24-13-11-23(12-14-24)16(2)25)22-15-20(9-10-20)17-7-5-6-8-18(17)26-3;/h5-8H,4,9-15H2,1-3H3,(H,21,22);1H. The number of amides is 1. The highest BCUT2D eigenvalue weighted by atomic mass is 127. The molecule has 1 aliphatic carbocycles. The lowest BCUT2D eigenvalue weighted by molar-refractivity contribution is -0.130. The summed E-state index contributed by atoms with van der Waals surface area (Å²) >= 11 is 0. The third kappa shape index (κ3) is 5.06. The molecule has 27 heavy (non-hydrogen) atoms. The highest BCUT2D eigenvalue weighted by molar-refractivity contribution is 14.0. The molecule has 1 aliphatic heterocycles. The van der Waals surface area contributed by atoms with Crippen LogP contribution in [0.25, 0.3) is 0 Å². The molecule has 0 radical (unpaired) electrons. The van der Waals surface area contributed by atoms with Crippen LogP contribution in [0.3, 0.4) is 0 Å². The third-order valence-electron chi connectivity index (χ3n) is 5.42. The van der Waals surface area contributed by atoms with Crippen LogP contribution < -0.4 is 10.1 Å². The predicted molar refractivity (Wildman–Crippen MR) is 119 cm³/mol. The van der Waals surface area contributed by atoms with Gasteiger partial charge in [0.15, 0.2) is 5.96 Å². The van der Waals surface area contributed by atoms with Gasteiger partial charge in [0.1, 0.15) is 5.75 Å². The zero-order valence-corrected chi connectivity index (χ0v) is 18.9. The molecule has 0 bridgehead atoms. The molecule has 0 aromatic heterocycles. The maximum atomic E-state index is 11.5. The molecule has 1 saturated carbocycles. The molecule has 6 nitrogen and oxygen atoms in total. The maximum absolute atomic E-state index is 11.5. The van der Waals surface area contributed by atoms with E-state index in [0.29, 0.717) is 0 Å². The van der Waals surface area contributed by atoms with Crippen LogP contribution in [0, 0.1) is 0 Å². The molecule has 3 rings (SSSR count). The highest BCUT2D eigenvalue weighted by Gasteiger charge is 2.46. The minimum Gasteiger partial charge on any atom is -0.496 e. The normalized spacial score (nSPS) is 18.6. The van der Waals surface area contributed by atoms with Crippen LogP contribution in [0.5, 0.6) is 5.75 Å². The fourth-order valence-corrected chi connectivity index (χ4v) is 3.63. The van der Waals surface area contributed by atoms with Crippen molar-refractivity contribution in [3.8, 4) is 5.75 Å². The smallest absolute Gasteiger partial charge is 0.219 e. The summed E-state index contributed by atoms with van der Waals surface area (Å²) in [6, 6.07) is 8.29. The summed E-state index contributed by atoms with van der Waals surface area (Å²) in [4.78, 5) is 20.7.